The van der Waals surface area contributed by atoms with Gasteiger partial charge >= 0.3 is 0 Å². The second-order valence-corrected chi connectivity index (χ2v) is 15.0. The van der Waals surface area contributed by atoms with Crippen LogP contribution in [0.1, 0.15) is 27.8 Å². The Balaban J connectivity index is 1.17. The van der Waals surface area contributed by atoms with Gasteiger partial charge in [0.15, 0.2) is 0 Å². The molecule has 0 fully saturated rings. The molecule has 0 aliphatic carbocycles. The van der Waals surface area contributed by atoms with Crippen LogP contribution in [-0.2, 0) is 5.41 Å². The predicted octanol–water partition coefficient (Wildman–Crippen LogP) is 14.0. The fourth-order valence-electron chi connectivity index (χ4n) is 9.19. The highest BCUT2D eigenvalue weighted by Gasteiger charge is 2.48. The molecule has 11 rings (SSSR count). The number of nitriles is 1. The van der Waals surface area contributed by atoms with Crippen LogP contribution in [0.25, 0.3) is 55.6 Å². The summed E-state index contributed by atoms with van der Waals surface area (Å²) < 4.78 is 6.85. The number of aromatic nitrogens is 1. The van der Waals surface area contributed by atoms with Crippen molar-refractivity contribution in [3.05, 3.63) is 240 Å². The minimum atomic E-state index is -0.756. The highest BCUT2D eigenvalue weighted by atomic mass is 16.3. The lowest BCUT2D eigenvalue weighted by Crippen LogP contribution is -2.37. The van der Waals surface area contributed by atoms with Crippen molar-refractivity contribution in [2.75, 3.05) is 4.90 Å². The molecule has 0 atom stereocenters. The summed E-state index contributed by atoms with van der Waals surface area (Å²) in [4.78, 5) is 7.47. The largest absolute Gasteiger partial charge is 0.456 e. The zero-order valence-corrected chi connectivity index (χ0v) is 32.0. The van der Waals surface area contributed by atoms with E-state index in [1.807, 2.05) is 60.7 Å². The fourth-order valence-corrected chi connectivity index (χ4v) is 9.19. The molecule has 2 aromatic heterocycles. The minimum absolute atomic E-state index is 0.568. The maximum atomic E-state index is 10.6. The van der Waals surface area contributed by atoms with Crippen LogP contribution < -0.4 is 4.90 Å². The van der Waals surface area contributed by atoms with Crippen molar-refractivity contribution in [1.82, 2.24) is 4.98 Å². The Bertz CT molecular complexity index is 3130. The van der Waals surface area contributed by atoms with E-state index in [0.29, 0.717) is 5.56 Å². The van der Waals surface area contributed by atoms with Crippen LogP contribution >= 0.6 is 0 Å². The number of hydrogen-bond donors (Lipinski definition) is 0. The summed E-state index contributed by atoms with van der Waals surface area (Å²) in [6.07, 6.45) is 0. The Morgan fingerprint density at radius 1 is 0.458 bits per heavy atom. The molecule has 4 nitrogen and oxygen atoms in total. The van der Waals surface area contributed by atoms with Crippen LogP contribution in [0.2, 0.25) is 0 Å². The van der Waals surface area contributed by atoms with E-state index < -0.39 is 5.41 Å². The molecule has 1 aliphatic heterocycles. The first-order valence-corrected chi connectivity index (χ1v) is 19.8. The number of benzene rings is 8. The molecule has 59 heavy (non-hydrogen) atoms. The third-order valence-electron chi connectivity index (χ3n) is 11.7. The van der Waals surface area contributed by atoms with E-state index in [2.05, 4.69) is 163 Å². The average Bonchev–Trinajstić information content (AvgIpc) is 3.70. The number of anilines is 3. The van der Waals surface area contributed by atoms with Gasteiger partial charge in [0.05, 0.1) is 39.8 Å². The summed E-state index contributed by atoms with van der Waals surface area (Å²) in [5, 5.41) is 12.8. The quantitative estimate of drug-likeness (QED) is 0.170. The molecule has 0 radical (unpaired) electrons. The van der Waals surface area contributed by atoms with Gasteiger partial charge in [0, 0.05) is 33.2 Å². The Kier molecular flexibility index (Phi) is 8.06. The molecule has 10 aromatic rings. The lowest BCUT2D eigenvalue weighted by atomic mass is 9.62. The monoisotopic (exact) mass is 753 g/mol. The molecule has 1 aliphatic rings. The Morgan fingerprint density at radius 2 is 0.983 bits per heavy atom. The third-order valence-corrected chi connectivity index (χ3v) is 11.7. The second kappa shape index (κ2) is 13.9. The van der Waals surface area contributed by atoms with Gasteiger partial charge in [0.25, 0.3) is 0 Å². The molecule has 4 heteroatoms. The van der Waals surface area contributed by atoms with E-state index in [1.165, 1.54) is 0 Å². The molecule has 0 saturated carbocycles. The first-order valence-electron chi connectivity index (χ1n) is 19.8. The summed E-state index contributed by atoms with van der Waals surface area (Å²) in [5.74, 6) is 0. The topological polar surface area (TPSA) is 53.1 Å². The van der Waals surface area contributed by atoms with E-state index in [1.54, 1.807) is 0 Å². The van der Waals surface area contributed by atoms with Gasteiger partial charge in [-0.1, -0.05) is 164 Å². The van der Waals surface area contributed by atoms with Crippen LogP contribution in [0.15, 0.2) is 217 Å². The van der Waals surface area contributed by atoms with Gasteiger partial charge in [-0.25, -0.2) is 4.98 Å². The van der Waals surface area contributed by atoms with E-state index in [0.717, 1.165) is 94.9 Å². The van der Waals surface area contributed by atoms with Gasteiger partial charge in [0.2, 0.25) is 0 Å². The molecule has 0 unspecified atom stereocenters. The smallest absolute Gasteiger partial charge is 0.140 e. The first-order chi connectivity index (χ1) is 29.2. The van der Waals surface area contributed by atoms with Gasteiger partial charge in [-0.2, -0.15) is 5.26 Å². The van der Waals surface area contributed by atoms with Crippen LogP contribution in [0.5, 0.6) is 0 Å². The fraction of sp³-hybridized carbons (Fsp3) is 0.0182. The molecule has 0 N–H and O–H groups in total. The normalized spacial score (nSPS) is 12.8. The standard InChI is InChI=1S/C55H35N3O/c56-36-37-31-40(41-34-49(38-17-4-1-5-18-38)57-50(35-41)39-19-6-2-7-20-39)33-43(32-37)58-51-28-13-11-25-46(51)55(42-21-8-3-9-22-42,47-26-12-14-29-52(47)58)48-27-16-24-45-44-23-10-15-30-53(44)59-54(45)48/h1-35H. The Hall–Kier alpha value is -8.00. The number of furan rings is 1. The van der Waals surface area contributed by atoms with Gasteiger partial charge in [-0.05, 0) is 76.3 Å². The maximum absolute atomic E-state index is 10.6. The SMILES string of the molecule is N#Cc1cc(-c2cc(-c3ccccc3)nc(-c3ccccc3)c2)cc(N2c3ccccc3C(c3ccccc3)(c3cccc4c3oc3ccccc34)c3ccccc32)c1. The number of para-hydroxylation sites is 4. The van der Waals surface area contributed by atoms with Crippen LogP contribution in [0, 0.1) is 11.3 Å². The van der Waals surface area contributed by atoms with Gasteiger partial charge in [-0.15, -0.1) is 0 Å². The first kappa shape index (κ1) is 34.3. The van der Waals surface area contributed by atoms with E-state index in [4.69, 9.17) is 9.40 Å². The lowest BCUT2D eigenvalue weighted by molar-refractivity contribution is 0.643. The Labute approximate surface area is 342 Å². The molecule has 8 aromatic carbocycles. The maximum Gasteiger partial charge on any atom is 0.140 e. The third kappa shape index (κ3) is 5.48. The van der Waals surface area contributed by atoms with Crippen LogP contribution in [0.3, 0.4) is 0 Å². The highest BCUT2D eigenvalue weighted by molar-refractivity contribution is 6.07. The van der Waals surface area contributed by atoms with E-state index in [-0.39, 0.29) is 0 Å². The summed E-state index contributed by atoms with van der Waals surface area (Å²) in [6.45, 7) is 0. The molecule has 276 valence electrons. The lowest BCUT2D eigenvalue weighted by Gasteiger charge is -2.46. The Morgan fingerprint density at radius 3 is 1.63 bits per heavy atom. The summed E-state index contributed by atoms with van der Waals surface area (Å²) >= 11 is 0. The van der Waals surface area contributed by atoms with Crippen molar-refractivity contribution >= 4 is 39.0 Å². The molecule has 0 bridgehead atoms. The molecular formula is C55H35N3O. The number of pyridine rings is 1. The highest BCUT2D eigenvalue weighted by Crippen LogP contribution is 2.59. The zero-order valence-electron chi connectivity index (χ0n) is 32.0. The number of fused-ring (bicyclic) bond motifs is 5. The van der Waals surface area contributed by atoms with E-state index in [9.17, 15) is 5.26 Å². The van der Waals surface area contributed by atoms with E-state index >= 15 is 0 Å². The van der Waals surface area contributed by atoms with Crippen LogP contribution in [0.4, 0.5) is 17.1 Å². The molecule has 0 amide bonds. The number of nitrogens with zero attached hydrogens (tertiary/aromatic N) is 3. The van der Waals surface area contributed by atoms with Crippen molar-refractivity contribution < 1.29 is 4.42 Å². The second-order valence-electron chi connectivity index (χ2n) is 15.0. The van der Waals surface area contributed by atoms with Gasteiger partial charge in [-0.3, -0.25) is 0 Å². The van der Waals surface area contributed by atoms with Crippen molar-refractivity contribution in [2.45, 2.75) is 5.41 Å². The summed E-state index contributed by atoms with van der Waals surface area (Å²) in [7, 11) is 0. The number of rotatable bonds is 6. The minimum Gasteiger partial charge on any atom is -0.456 e. The van der Waals surface area contributed by atoms with Crippen molar-refractivity contribution in [1.29, 1.82) is 5.26 Å². The molecule has 0 spiro atoms. The van der Waals surface area contributed by atoms with Crippen molar-refractivity contribution in [3.63, 3.8) is 0 Å². The van der Waals surface area contributed by atoms with Gasteiger partial charge < -0.3 is 9.32 Å². The number of hydrogen-bond acceptors (Lipinski definition) is 4. The van der Waals surface area contributed by atoms with Crippen molar-refractivity contribution in [2.24, 2.45) is 0 Å². The summed E-state index contributed by atoms with van der Waals surface area (Å²) in [6, 6.07) is 76.5. The molecule has 3 heterocycles. The predicted molar refractivity (Wildman–Crippen MR) is 239 cm³/mol. The zero-order chi connectivity index (χ0) is 39.3. The van der Waals surface area contributed by atoms with Gasteiger partial charge in [0.1, 0.15) is 11.2 Å². The van der Waals surface area contributed by atoms with Crippen LogP contribution in [-0.4, -0.2) is 4.98 Å². The summed E-state index contributed by atoms with van der Waals surface area (Å²) in [5.41, 5.74) is 14.6. The average molecular weight is 754 g/mol. The van der Waals surface area contributed by atoms with Crippen molar-refractivity contribution in [3.8, 4) is 39.7 Å². The molecule has 0 saturated heterocycles. The molecular weight excluding hydrogens is 719 g/mol.